The zero-order valence-electron chi connectivity index (χ0n) is 18.0. The third-order valence-corrected chi connectivity index (χ3v) is 5.88. The fourth-order valence-corrected chi connectivity index (χ4v) is 4.39. The van der Waals surface area contributed by atoms with Crippen molar-refractivity contribution >= 4 is 12.2 Å². The van der Waals surface area contributed by atoms with Crippen molar-refractivity contribution < 1.29 is 30.3 Å². The third kappa shape index (κ3) is 4.09. The predicted molar refractivity (Wildman–Crippen MR) is 128 cm³/mol. The summed E-state index contributed by atoms with van der Waals surface area (Å²) in [6.07, 6.45) is 3.18. The normalized spacial score (nSPS) is 16.9. The summed E-state index contributed by atoms with van der Waals surface area (Å²) in [5.74, 6) is 0.243. The molecule has 0 aromatic heterocycles. The van der Waals surface area contributed by atoms with Crippen LogP contribution in [0.15, 0.2) is 78.9 Å². The summed E-state index contributed by atoms with van der Waals surface area (Å²) < 4.78 is 6.30. The molecule has 0 unspecified atom stereocenters. The first kappa shape index (κ1) is 21.3. The number of phenols is 5. The lowest BCUT2D eigenvalue weighted by atomic mass is 9.82. The van der Waals surface area contributed by atoms with Gasteiger partial charge in [-0.3, -0.25) is 0 Å². The van der Waals surface area contributed by atoms with Crippen LogP contribution in [-0.4, -0.2) is 25.5 Å². The SMILES string of the molecule is Oc1ccc(/C=C/c2cc(O)cc3c2[C@H](c2cc(O)cc(O)c2)[C@@H](c2ccc(O)cc2)O3)cc1. The maximum atomic E-state index is 10.4. The Morgan fingerprint density at radius 3 is 1.79 bits per heavy atom. The molecule has 1 aliphatic heterocycles. The molecule has 0 fully saturated rings. The van der Waals surface area contributed by atoms with Gasteiger partial charge in [0.25, 0.3) is 0 Å². The van der Waals surface area contributed by atoms with E-state index in [-0.39, 0.29) is 28.7 Å². The van der Waals surface area contributed by atoms with E-state index in [1.165, 1.54) is 6.07 Å². The van der Waals surface area contributed by atoms with E-state index in [2.05, 4.69) is 0 Å². The van der Waals surface area contributed by atoms with Gasteiger partial charge in [0.05, 0.1) is 5.92 Å². The highest BCUT2D eigenvalue weighted by atomic mass is 16.5. The van der Waals surface area contributed by atoms with E-state index in [1.807, 2.05) is 12.2 Å². The second-order valence-corrected chi connectivity index (χ2v) is 8.26. The van der Waals surface area contributed by atoms with Crippen LogP contribution >= 0.6 is 0 Å². The molecule has 0 spiro atoms. The van der Waals surface area contributed by atoms with Gasteiger partial charge in [0, 0.05) is 17.7 Å². The molecule has 170 valence electrons. The standard InChI is InChI=1S/C28H22O6/c29-20-7-2-16(3-8-20)1-4-18-11-24(33)15-25-26(18)27(19-12-22(31)14-23(32)13-19)28(34-25)17-5-9-21(30)10-6-17/h1-15,27-33H/b4-1+/t27-,28+/m0/s1. The van der Waals surface area contributed by atoms with Crippen LogP contribution in [0.5, 0.6) is 34.5 Å². The maximum absolute atomic E-state index is 10.4. The molecule has 0 amide bonds. The van der Waals surface area contributed by atoms with Gasteiger partial charge in [-0.2, -0.15) is 0 Å². The summed E-state index contributed by atoms with van der Waals surface area (Å²) in [6, 6.07) is 21.0. The van der Waals surface area contributed by atoms with Crippen LogP contribution in [0.1, 0.15) is 39.8 Å². The van der Waals surface area contributed by atoms with Crippen molar-refractivity contribution in [1.82, 2.24) is 0 Å². The Kier molecular flexibility index (Phi) is 5.26. The lowest BCUT2D eigenvalue weighted by Gasteiger charge is -2.21. The average molecular weight is 454 g/mol. The number of hydrogen-bond donors (Lipinski definition) is 5. The van der Waals surface area contributed by atoms with Gasteiger partial charge >= 0.3 is 0 Å². The summed E-state index contributed by atoms with van der Waals surface area (Å²) in [7, 11) is 0. The molecule has 0 saturated carbocycles. The molecule has 5 N–H and O–H groups in total. The molecule has 34 heavy (non-hydrogen) atoms. The minimum absolute atomic E-state index is 0.0352. The first-order valence-electron chi connectivity index (χ1n) is 10.7. The van der Waals surface area contributed by atoms with E-state index in [0.717, 1.165) is 16.7 Å². The number of aromatic hydroxyl groups is 5. The molecule has 1 aliphatic rings. The Balaban J connectivity index is 1.67. The largest absolute Gasteiger partial charge is 0.508 e. The first-order chi connectivity index (χ1) is 16.4. The van der Waals surface area contributed by atoms with E-state index >= 15 is 0 Å². The van der Waals surface area contributed by atoms with E-state index in [4.69, 9.17) is 4.74 Å². The third-order valence-electron chi connectivity index (χ3n) is 5.88. The molecule has 4 aromatic rings. The minimum Gasteiger partial charge on any atom is -0.508 e. The second kappa shape index (κ2) is 8.41. The van der Waals surface area contributed by atoms with Crippen molar-refractivity contribution in [1.29, 1.82) is 0 Å². The molecule has 0 radical (unpaired) electrons. The van der Waals surface area contributed by atoms with Crippen LogP contribution in [0.3, 0.4) is 0 Å². The smallest absolute Gasteiger partial charge is 0.135 e. The Morgan fingerprint density at radius 2 is 1.15 bits per heavy atom. The van der Waals surface area contributed by atoms with Crippen LogP contribution < -0.4 is 4.74 Å². The Hall–Kier alpha value is -4.58. The van der Waals surface area contributed by atoms with Crippen LogP contribution in [0.25, 0.3) is 12.2 Å². The highest BCUT2D eigenvalue weighted by Gasteiger charge is 2.39. The van der Waals surface area contributed by atoms with Gasteiger partial charge in [-0.05, 0) is 64.7 Å². The van der Waals surface area contributed by atoms with Gasteiger partial charge < -0.3 is 30.3 Å². The zero-order valence-corrected chi connectivity index (χ0v) is 18.0. The van der Waals surface area contributed by atoms with Crippen molar-refractivity contribution in [3.05, 3.63) is 107 Å². The van der Waals surface area contributed by atoms with Crippen LogP contribution in [0.2, 0.25) is 0 Å². The minimum atomic E-state index is -0.528. The van der Waals surface area contributed by atoms with Crippen LogP contribution in [0.4, 0.5) is 0 Å². The number of fused-ring (bicyclic) bond motifs is 1. The summed E-state index contributed by atoms with van der Waals surface area (Å²) in [5, 5.41) is 50.0. The van der Waals surface area contributed by atoms with E-state index in [0.29, 0.717) is 16.9 Å². The zero-order chi connectivity index (χ0) is 23.8. The molecular weight excluding hydrogens is 432 g/mol. The highest BCUT2D eigenvalue weighted by molar-refractivity contribution is 5.75. The quantitative estimate of drug-likeness (QED) is 0.255. The van der Waals surface area contributed by atoms with Crippen molar-refractivity contribution in [2.45, 2.75) is 12.0 Å². The highest BCUT2D eigenvalue weighted by Crippen LogP contribution is 2.53. The van der Waals surface area contributed by atoms with Crippen LogP contribution in [-0.2, 0) is 0 Å². The summed E-state index contributed by atoms with van der Waals surface area (Å²) in [4.78, 5) is 0. The summed E-state index contributed by atoms with van der Waals surface area (Å²) >= 11 is 0. The number of rotatable bonds is 4. The molecule has 1 heterocycles. The first-order valence-corrected chi connectivity index (χ1v) is 10.7. The van der Waals surface area contributed by atoms with Gasteiger partial charge in [0.2, 0.25) is 0 Å². The van der Waals surface area contributed by atoms with Gasteiger partial charge in [-0.1, -0.05) is 36.4 Å². The Labute approximate surface area is 195 Å². The number of hydrogen-bond acceptors (Lipinski definition) is 6. The van der Waals surface area contributed by atoms with Gasteiger partial charge in [-0.15, -0.1) is 0 Å². The average Bonchev–Trinajstić information content (AvgIpc) is 3.17. The number of ether oxygens (including phenoxy) is 1. The molecular formula is C28H22O6. The number of benzene rings is 4. The summed E-state index contributed by atoms with van der Waals surface area (Å²) in [6.45, 7) is 0. The predicted octanol–water partition coefficient (Wildman–Crippen LogP) is 5.65. The molecule has 0 bridgehead atoms. The molecule has 0 aliphatic carbocycles. The fraction of sp³-hybridized carbons (Fsp3) is 0.0714. The molecule has 2 atom stereocenters. The fourth-order valence-electron chi connectivity index (χ4n) is 4.39. The molecule has 6 nitrogen and oxygen atoms in total. The van der Waals surface area contributed by atoms with E-state index < -0.39 is 12.0 Å². The van der Waals surface area contributed by atoms with Crippen molar-refractivity contribution in [2.24, 2.45) is 0 Å². The lowest BCUT2D eigenvalue weighted by molar-refractivity contribution is 0.221. The molecule has 6 heteroatoms. The monoisotopic (exact) mass is 454 g/mol. The van der Waals surface area contributed by atoms with E-state index in [1.54, 1.807) is 72.8 Å². The van der Waals surface area contributed by atoms with Gasteiger partial charge in [-0.25, -0.2) is 0 Å². The number of phenolic OH excluding ortho intramolecular Hbond substituents is 5. The Bertz CT molecular complexity index is 1350. The summed E-state index contributed by atoms with van der Waals surface area (Å²) in [5.41, 5.74) is 3.78. The van der Waals surface area contributed by atoms with Crippen LogP contribution in [0, 0.1) is 0 Å². The van der Waals surface area contributed by atoms with Gasteiger partial charge in [0.1, 0.15) is 40.6 Å². The van der Waals surface area contributed by atoms with Crippen molar-refractivity contribution in [3.63, 3.8) is 0 Å². The topological polar surface area (TPSA) is 110 Å². The van der Waals surface area contributed by atoms with Gasteiger partial charge in [0.15, 0.2) is 0 Å². The lowest BCUT2D eigenvalue weighted by Crippen LogP contribution is -2.11. The van der Waals surface area contributed by atoms with Crippen molar-refractivity contribution in [3.8, 4) is 34.5 Å². The Morgan fingerprint density at radius 1 is 0.559 bits per heavy atom. The maximum Gasteiger partial charge on any atom is 0.135 e. The molecule has 5 rings (SSSR count). The molecule has 4 aromatic carbocycles. The second-order valence-electron chi connectivity index (χ2n) is 8.26. The van der Waals surface area contributed by atoms with E-state index in [9.17, 15) is 25.5 Å². The molecule has 0 saturated heterocycles. The van der Waals surface area contributed by atoms with Crippen molar-refractivity contribution in [2.75, 3.05) is 0 Å².